The number of fused-ring (bicyclic) bond motifs is 1. The van der Waals surface area contributed by atoms with Crippen LogP contribution in [0.4, 0.5) is 0 Å². The zero-order chi connectivity index (χ0) is 11.5. The maximum atomic E-state index is 11.5. The van der Waals surface area contributed by atoms with Crippen molar-refractivity contribution in [3.8, 4) is 0 Å². The van der Waals surface area contributed by atoms with Crippen LogP contribution >= 0.6 is 0 Å². The van der Waals surface area contributed by atoms with E-state index in [1.807, 2.05) is 7.05 Å². The van der Waals surface area contributed by atoms with E-state index in [2.05, 4.69) is 5.32 Å². The SMILES string of the molecule is CNCCn1c(=O)oc2cc(C=O)ccc21. The van der Waals surface area contributed by atoms with Crippen LogP contribution in [0.25, 0.3) is 11.1 Å². The van der Waals surface area contributed by atoms with Gasteiger partial charge in [-0.2, -0.15) is 0 Å². The Labute approximate surface area is 91.7 Å². The Balaban J connectivity index is 2.53. The Hall–Kier alpha value is -1.88. The summed E-state index contributed by atoms with van der Waals surface area (Å²) in [7, 11) is 1.82. The van der Waals surface area contributed by atoms with Crippen molar-refractivity contribution in [1.82, 2.24) is 9.88 Å². The summed E-state index contributed by atoms with van der Waals surface area (Å²) in [5.41, 5.74) is 1.67. The number of likely N-dealkylation sites (N-methyl/N-ethyl adjacent to an activating group) is 1. The highest BCUT2D eigenvalue weighted by Crippen LogP contribution is 2.13. The van der Waals surface area contributed by atoms with E-state index < -0.39 is 5.76 Å². The van der Waals surface area contributed by atoms with Crippen molar-refractivity contribution < 1.29 is 9.21 Å². The molecule has 0 unspecified atom stereocenters. The summed E-state index contributed by atoms with van der Waals surface area (Å²) in [5.74, 6) is -0.395. The molecule has 2 aromatic rings. The first kappa shape index (κ1) is 10.6. The quantitative estimate of drug-likeness (QED) is 0.767. The highest BCUT2D eigenvalue weighted by molar-refractivity contribution is 5.83. The molecule has 0 radical (unpaired) electrons. The maximum Gasteiger partial charge on any atom is 0.419 e. The van der Waals surface area contributed by atoms with E-state index in [9.17, 15) is 9.59 Å². The third-order valence-corrected chi connectivity index (χ3v) is 2.41. The van der Waals surface area contributed by atoms with Gasteiger partial charge in [0.05, 0.1) is 5.52 Å². The van der Waals surface area contributed by atoms with Gasteiger partial charge in [-0.3, -0.25) is 9.36 Å². The predicted molar refractivity (Wildman–Crippen MR) is 59.8 cm³/mol. The number of aldehydes is 1. The Morgan fingerprint density at radius 3 is 3.00 bits per heavy atom. The molecule has 0 amide bonds. The van der Waals surface area contributed by atoms with E-state index >= 15 is 0 Å². The second-order valence-electron chi connectivity index (χ2n) is 3.47. The van der Waals surface area contributed by atoms with E-state index in [1.165, 1.54) is 0 Å². The van der Waals surface area contributed by atoms with E-state index in [1.54, 1.807) is 22.8 Å². The summed E-state index contributed by atoms with van der Waals surface area (Å²) in [6.07, 6.45) is 0.727. The van der Waals surface area contributed by atoms with Gasteiger partial charge in [0.1, 0.15) is 6.29 Å². The lowest BCUT2D eigenvalue weighted by Gasteiger charge is -2.00. The highest BCUT2D eigenvalue weighted by atomic mass is 16.4. The molecule has 0 aliphatic heterocycles. The minimum atomic E-state index is -0.395. The minimum absolute atomic E-state index is 0.395. The van der Waals surface area contributed by atoms with Crippen molar-refractivity contribution in [3.05, 3.63) is 34.3 Å². The third-order valence-electron chi connectivity index (χ3n) is 2.41. The van der Waals surface area contributed by atoms with Gasteiger partial charge in [0.2, 0.25) is 0 Å². The lowest BCUT2D eigenvalue weighted by molar-refractivity contribution is 0.112. The second kappa shape index (κ2) is 4.32. The van der Waals surface area contributed by atoms with Crippen molar-refractivity contribution >= 4 is 17.4 Å². The average molecular weight is 220 g/mol. The topological polar surface area (TPSA) is 64.2 Å². The van der Waals surface area contributed by atoms with Crippen molar-refractivity contribution in [2.75, 3.05) is 13.6 Å². The number of oxazole rings is 1. The van der Waals surface area contributed by atoms with E-state index in [0.29, 0.717) is 29.8 Å². The second-order valence-corrected chi connectivity index (χ2v) is 3.47. The lowest BCUT2D eigenvalue weighted by Crippen LogP contribution is -2.21. The van der Waals surface area contributed by atoms with Gasteiger partial charge < -0.3 is 9.73 Å². The predicted octanol–water partition coefficient (Wildman–Crippen LogP) is 0.626. The van der Waals surface area contributed by atoms with E-state index in [0.717, 1.165) is 6.29 Å². The van der Waals surface area contributed by atoms with Gasteiger partial charge >= 0.3 is 5.76 Å². The highest BCUT2D eigenvalue weighted by Gasteiger charge is 2.08. The number of benzene rings is 1. The van der Waals surface area contributed by atoms with Gasteiger partial charge in [-0.05, 0) is 25.2 Å². The number of nitrogens with one attached hydrogen (secondary N) is 1. The molecule has 5 heteroatoms. The molecule has 16 heavy (non-hydrogen) atoms. The molecule has 0 atom stereocenters. The van der Waals surface area contributed by atoms with Gasteiger partial charge in [0.25, 0.3) is 0 Å². The zero-order valence-electron chi connectivity index (χ0n) is 8.90. The number of hydrogen-bond donors (Lipinski definition) is 1. The average Bonchev–Trinajstić information content (AvgIpc) is 2.61. The number of rotatable bonds is 4. The van der Waals surface area contributed by atoms with Gasteiger partial charge in [-0.15, -0.1) is 0 Å². The molecular formula is C11H12N2O3. The van der Waals surface area contributed by atoms with Crippen LogP contribution in [0.2, 0.25) is 0 Å². The Morgan fingerprint density at radius 1 is 1.50 bits per heavy atom. The molecule has 0 saturated heterocycles. The molecule has 0 spiro atoms. The summed E-state index contributed by atoms with van der Waals surface area (Å²) in [5, 5.41) is 2.96. The van der Waals surface area contributed by atoms with Crippen LogP contribution in [0.1, 0.15) is 10.4 Å². The lowest BCUT2D eigenvalue weighted by atomic mass is 10.2. The van der Waals surface area contributed by atoms with E-state index in [-0.39, 0.29) is 0 Å². The standard InChI is InChI=1S/C11H12N2O3/c1-12-4-5-13-9-3-2-8(7-14)6-10(9)16-11(13)15/h2-3,6-7,12H,4-5H2,1H3. The molecule has 0 fully saturated rings. The monoisotopic (exact) mass is 220 g/mol. The number of carbonyl (C=O) groups excluding carboxylic acids is 1. The Bertz CT molecular complexity index is 568. The Morgan fingerprint density at radius 2 is 2.31 bits per heavy atom. The van der Waals surface area contributed by atoms with Gasteiger partial charge in [0.15, 0.2) is 5.58 Å². The molecule has 0 bridgehead atoms. The normalized spacial score (nSPS) is 10.8. The molecule has 1 heterocycles. The minimum Gasteiger partial charge on any atom is -0.408 e. The molecule has 1 N–H and O–H groups in total. The van der Waals surface area contributed by atoms with Crippen LogP contribution in [0, 0.1) is 0 Å². The van der Waals surface area contributed by atoms with Crippen LogP contribution in [0.5, 0.6) is 0 Å². The summed E-state index contributed by atoms with van der Waals surface area (Å²) in [6.45, 7) is 1.23. The Kier molecular flexibility index (Phi) is 2.87. The first-order valence-electron chi connectivity index (χ1n) is 4.99. The first-order chi connectivity index (χ1) is 7.76. The number of nitrogens with zero attached hydrogens (tertiary/aromatic N) is 1. The van der Waals surface area contributed by atoms with Crippen LogP contribution < -0.4 is 11.1 Å². The summed E-state index contributed by atoms with van der Waals surface area (Å²) in [4.78, 5) is 22.1. The largest absolute Gasteiger partial charge is 0.419 e. The summed E-state index contributed by atoms with van der Waals surface area (Å²) < 4.78 is 6.60. The molecule has 5 nitrogen and oxygen atoms in total. The molecule has 0 aliphatic carbocycles. The first-order valence-corrected chi connectivity index (χ1v) is 4.99. The molecule has 2 rings (SSSR count). The van der Waals surface area contributed by atoms with Crippen molar-refractivity contribution in [3.63, 3.8) is 0 Å². The molecule has 0 aliphatic rings. The van der Waals surface area contributed by atoms with Gasteiger partial charge in [-0.1, -0.05) is 0 Å². The molecular weight excluding hydrogens is 208 g/mol. The van der Waals surface area contributed by atoms with Crippen LogP contribution in [-0.2, 0) is 6.54 Å². The maximum absolute atomic E-state index is 11.5. The fraction of sp³-hybridized carbons (Fsp3) is 0.273. The molecule has 84 valence electrons. The fourth-order valence-corrected chi connectivity index (χ4v) is 1.59. The number of carbonyl (C=O) groups is 1. The van der Waals surface area contributed by atoms with Crippen LogP contribution in [0.3, 0.4) is 0 Å². The van der Waals surface area contributed by atoms with Crippen LogP contribution in [-0.4, -0.2) is 24.4 Å². The van der Waals surface area contributed by atoms with Gasteiger partial charge in [-0.25, -0.2) is 4.79 Å². The number of hydrogen-bond acceptors (Lipinski definition) is 4. The van der Waals surface area contributed by atoms with Crippen molar-refractivity contribution in [2.24, 2.45) is 0 Å². The van der Waals surface area contributed by atoms with Crippen molar-refractivity contribution in [1.29, 1.82) is 0 Å². The molecule has 1 aromatic heterocycles. The summed E-state index contributed by atoms with van der Waals surface area (Å²) in [6, 6.07) is 4.96. The molecule has 0 saturated carbocycles. The van der Waals surface area contributed by atoms with Crippen LogP contribution in [0.15, 0.2) is 27.4 Å². The smallest absolute Gasteiger partial charge is 0.408 e. The fourth-order valence-electron chi connectivity index (χ4n) is 1.59. The van der Waals surface area contributed by atoms with E-state index in [4.69, 9.17) is 4.42 Å². The van der Waals surface area contributed by atoms with Gasteiger partial charge in [0, 0.05) is 18.7 Å². The molecule has 1 aromatic carbocycles. The van der Waals surface area contributed by atoms with Crippen molar-refractivity contribution in [2.45, 2.75) is 6.54 Å². The zero-order valence-corrected chi connectivity index (χ0v) is 8.90. The summed E-state index contributed by atoms with van der Waals surface area (Å²) >= 11 is 0. The number of aromatic nitrogens is 1. The third kappa shape index (κ3) is 1.77.